The van der Waals surface area contributed by atoms with Crippen molar-refractivity contribution >= 4 is 67.1 Å². The molecule has 0 bridgehead atoms. The van der Waals surface area contributed by atoms with Crippen LogP contribution in [-0.2, 0) is 0 Å². The number of fused-ring (bicyclic) bond motifs is 1. The van der Waals surface area contributed by atoms with Crippen molar-refractivity contribution in [3.05, 3.63) is 57.1 Å². The van der Waals surface area contributed by atoms with Gasteiger partial charge < -0.3 is 11.1 Å². The topological polar surface area (TPSA) is 50.9 Å². The molecule has 3 aromatic rings. The van der Waals surface area contributed by atoms with Crippen molar-refractivity contribution in [2.24, 2.45) is 0 Å². The Bertz CT molecular complexity index is 831. The van der Waals surface area contributed by atoms with E-state index in [4.69, 9.17) is 28.9 Å². The molecule has 21 heavy (non-hydrogen) atoms. The number of hydrogen-bond acceptors (Lipinski definition) is 3. The summed E-state index contributed by atoms with van der Waals surface area (Å²) in [5.41, 5.74) is 9.07. The van der Waals surface area contributed by atoms with E-state index >= 15 is 0 Å². The predicted molar refractivity (Wildman–Crippen MR) is 93.6 cm³/mol. The maximum atomic E-state index is 6.05. The van der Waals surface area contributed by atoms with Gasteiger partial charge in [0, 0.05) is 15.5 Å². The fourth-order valence-corrected chi connectivity index (χ4v) is 2.70. The fraction of sp³-hybridized carbons (Fsp3) is 0. The molecule has 0 unspecified atom stereocenters. The van der Waals surface area contributed by atoms with E-state index in [9.17, 15) is 0 Å². The first-order valence-electron chi connectivity index (χ1n) is 6.10. The fourth-order valence-electron chi connectivity index (χ4n) is 2.04. The highest BCUT2D eigenvalue weighted by Gasteiger charge is 2.08. The zero-order chi connectivity index (χ0) is 15.0. The lowest BCUT2D eigenvalue weighted by molar-refractivity contribution is 1.40. The Labute approximate surface area is 140 Å². The molecule has 0 saturated heterocycles. The molecular formula is C15H10BrCl2N3. The molecule has 6 heteroatoms. The van der Waals surface area contributed by atoms with Crippen molar-refractivity contribution in [2.45, 2.75) is 0 Å². The maximum Gasteiger partial charge on any atom is 0.0746 e. The molecule has 1 heterocycles. The van der Waals surface area contributed by atoms with E-state index in [0.717, 1.165) is 26.8 Å². The minimum Gasteiger partial charge on any atom is -0.396 e. The van der Waals surface area contributed by atoms with Gasteiger partial charge in [0.25, 0.3) is 0 Å². The highest BCUT2D eigenvalue weighted by Crippen LogP contribution is 2.34. The summed E-state index contributed by atoms with van der Waals surface area (Å²) in [6, 6.07) is 11.2. The van der Waals surface area contributed by atoms with Gasteiger partial charge in [-0.25, -0.2) is 0 Å². The molecule has 3 N–H and O–H groups in total. The van der Waals surface area contributed by atoms with Crippen LogP contribution in [0.4, 0.5) is 17.1 Å². The summed E-state index contributed by atoms with van der Waals surface area (Å²) in [6.45, 7) is 0. The molecule has 2 aromatic carbocycles. The highest BCUT2D eigenvalue weighted by molar-refractivity contribution is 9.10. The van der Waals surface area contributed by atoms with Crippen LogP contribution in [0.2, 0.25) is 10.0 Å². The van der Waals surface area contributed by atoms with Crippen LogP contribution in [0.5, 0.6) is 0 Å². The Hall–Kier alpha value is -1.49. The third-order valence-electron chi connectivity index (χ3n) is 3.05. The molecule has 0 aliphatic heterocycles. The summed E-state index contributed by atoms with van der Waals surface area (Å²) in [4.78, 5) is 4.32. The molecule has 1 aromatic heterocycles. The standard InChI is InChI=1S/C15H10BrCl2N3/c16-8-1-4-14-10(5-8)15(13(19)7-20-14)21-9-2-3-11(17)12(18)6-9/h1-7H,19H2,(H,20,21). The number of rotatable bonds is 2. The largest absolute Gasteiger partial charge is 0.396 e. The number of nitrogens with zero attached hydrogens (tertiary/aromatic N) is 1. The third-order valence-corrected chi connectivity index (χ3v) is 4.28. The van der Waals surface area contributed by atoms with Crippen molar-refractivity contribution in [1.82, 2.24) is 4.98 Å². The molecule has 0 radical (unpaired) electrons. The average molecular weight is 383 g/mol. The van der Waals surface area contributed by atoms with E-state index in [1.54, 1.807) is 18.3 Å². The minimum atomic E-state index is 0.486. The van der Waals surface area contributed by atoms with Crippen LogP contribution < -0.4 is 11.1 Å². The lowest BCUT2D eigenvalue weighted by Crippen LogP contribution is -1.99. The van der Waals surface area contributed by atoms with Crippen LogP contribution in [0.1, 0.15) is 0 Å². The normalized spacial score (nSPS) is 10.8. The van der Waals surface area contributed by atoms with Gasteiger partial charge in [-0.1, -0.05) is 39.1 Å². The van der Waals surface area contributed by atoms with E-state index in [2.05, 4.69) is 26.2 Å². The maximum absolute atomic E-state index is 6.05. The van der Waals surface area contributed by atoms with Crippen molar-refractivity contribution in [3.63, 3.8) is 0 Å². The van der Waals surface area contributed by atoms with Crippen molar-refractivity contribution < 1.29 is 0 Å². The Morgan fingerprint density at radius 3 is 2.62 bits per heavy atom. The second-order valence-electron chi connectivity index (χ2n) is 4.50. The van der Waals surface area contributed by atoms with E-state index in [1.807, 2.05) is 24.3 Å². The molecule has 0 aliphatic carbocycles. The number of nitrogens with one attached hydrogen (secondary N) is 1. The molecule has 3 nitrogen and oxygen atoms in total. The molecular weight excluding hydrogens is 373 g/mol. The molecule has 0 saturated carbocycles. The van der Waals surface area contributed by atoms with Gasteiger partial charge in [-0.3, -0.25) is 4.98 Å². The highest BCUT2D eigenvalue weighted by atomic mass is 79.9. The number of pyridine rings is 1. The monoisotopic (exact) mass is 381 g/mol. The van der Waals surface area contributed by atoms with Gasteiger partial charge in [0.05, 0.1) is 33.1 Å². The van der Waals surface area contributed by atoms with Gasteiger partial charge in [0.15, 0.2) is 0 Å². The van der Waals surface area contributed by atoms with Crippen LogP contribution in [-0.4, -0.2) is 4.98 Å². The number of benzene rings is 2. The van der Waals surface area contributed by atoms with Crippen LogP contribution >= 0.6 is 39.1 Å². The van der Waals surface area contributed by atoms with Gasteiger partial charge in [0.1, 0.15) is 0 Å². The molecule has 0 spiro atoms. The van der Waals surface area contributed by atoms with Crippen LogP contribution in [0.15, 0.2) is 47.1 Å². The van der Waals surface area contributed by atoms with E-state index in [0.29, 0.717) is 15.7 Å². The van der Waals surface area contributed by atoms with Crippen molar-refractivity contribution in [2.75, 3.05) is 11.1 Å². The molecule has 0 fully saturated rings. The minimum absolute atomic E-state index is 0.486. The smallest absolute Gasteiger partial charge is 0.0746 e. The Morgan fingerprint density at radius 2 is 1.86 bits per heavy atom. The SMILES string of the molecule is Nc1cnc2ccc(Br)cc2c1Nc1ccc(Cl)c(Cl)c1. The molecule has 0 atom stereocenters. The van der Waals surface area contributed by atoms with E-state index < -0.39 is 0 Å². The van der Waals surface area contributed by atoms with Crippen molar-refractivity contribution in [1.29, 1.82) is 0 Å². The number of anilines is 3. The first-order valence-corrected chi connectivity index (χ1v) is 7.65. The lowest BCUT2D eigenvalue weighted by Gasteiger charge is -2.13. The zero-order valence-corrected chi connectivity index (χ0v) is 13.8. The summed E-state index contributed by atoms with van der Waals surface area (Å²) >= 11 is 15.4. The van der Waals surface area contributed by atoms with Gasteiger partial charge >= 0.3 is 0 Å². The van der Waals surface area contributed by atoms with Gasteiger partial charge in [-0.15, -0.1) is 0 Å². The van der Waals surface area contributed by atoms with Gasteiger partial charge in [0.2, 0.25) is 0 Å². The second kappa shape index (κ2) is 5.72. The summed E-state index contributed by atoms with van der Waals surface area (Å²) in [5, 5.41) is 5.21. The molecule has 0 aliphatic rings. The number of nitrogen functional groups attached to an aromatic ring is 1. The molecule has 106 valence electrons. The summed E-state index contributed by atoms with van der Waals surface area (Å²) in [5.74, 6) is 0. The summed E-state index contributed by atoms with van der Waals surface area (Å²) in [7, 11) is 0. The number of hydrogen-bond donors (Lipinski definition) is 2. The number of aromatic nitrogens is 1. The van der Waals surface area contributed by atoms with Crippen LogP contribution in [0.25, 0.3) is 10.9 Å². The quantitative estimate of drug-likeness (QED) is 0.603. The van der Waals surface area contributed by atoms with Gasteiger partial charge in [-0.2, -0.15) is 0 Å². The predicted octanol–water partition coefficient (Wildman–Crippen LogP) is 5.63. The lowest BCUT2D eigenvalue weighted by atomic mass is 10.1. The Balaban J connectivity index is 2.12. The van der Waals surface area contributed by atoms with Crippen LogP contribution in [0.3, 0.4) is 0 Å². The summed E-state index contributed by atoms with van der Waals surface area (Å²) in [6.07, 6.45) is 1.64. The summed E-state index contributed by atoms with van der Waals surface area (Å²) < 4.78 is 0.958. The second-order valence-corrected chi connectivity index (χ2v) is 6.23. The van der Waals surface area contributed by atoms with Crippen molar-refractivity contribution in [3.8, 4) is 0 Å². The number of halogens is 3. The first-order chi connectivity index (χ1) is 10.0. The van der Waals surface area contributed by atoms with Gasteiger partial charge in [-0.05, 0) is 36.4 Å². The third kappa shape index (κ3) is 2.93. The average Bonchev–Trinajstić information content (AvgIpc) is 2.46. The van der Waals surface area contributed by atoms with E-state index in [-0.39, 0.29) is 0 Å². The number of nitrogens with two attached hydrogens (primary N) is 1. The van der Waals surface area contributed by atoms with Crippen LogP contribution in [0, 0.1) is 0 Å². The molecule has 0 amide bonds. The first kappa shape index (κ1) is 14.4. The zero-order valence-electron chi connectivity index (χ0n) is 10.7. The molecule has 3 rings (SSSR count). The van der Waals surface area contributed by atoms with E-state index in [1.165, 1.54) is 0 Å². The Kier molecular flexibility index (Phi) is 3.93. The Morgan fingerprint density at radius 1 is 1.05 bits per heavy atom.